The largest absolute Gasteiger partial charge is 0.452 e. The van der Waals surface area contributed by atoms with Crippen molar-refractivity contribution >= 4 is 11.9 Å². The van der Waals surface area contributed by atoms with E-state index < -0.39 is 5.97 Å². The molecule has 0 unspecified atom stereocenters. The second kappa shape index (κ2) is 7.59. The lowest BCUT2D eigenvalue weighted by atomic mass is 9.90. The summed E-state index contributed by atoms with van der Waals surface area (Å²) in [6, 6.07) is 0.421. The summed E-state index contributed by atoms with van der Waals surface area (Å²) in [6.45, 7) is 14.0. The number of likely N-dealkylation sites (tertiary alicyclic amines) is 1. The molecule has 0 radical (unpaired) electrons. The van der Waals surface area contributed by atoms with Crippen LogP contribution in [0.4, 0.5) is 0 Å². The average molecular weight is 345 g/mol. The van der Waals surface area contributed by atoms with Gasteiger partial charge in [-0.1, -0.05) is 0 Å². The number of piperidine rings is 1. The van der Waals surface area contributed by atoms with E-state index in [-0.39, 0.29) is 24.6 Å². The van der Waals surface area contributed by atoms with Crippen LogP contribution in [-0.4, -0.2) is 35.5 Å². The van der Waals surface area contributed by atoms with E-state index in [0.717, 1.165) is 41.5 Å². The molecule has 138 valence electrons. The second-order valence-electron chi connectivity index (χ2n) is 7.51. The van der Waals surface area contributed by atoms with Gasteiger partial charge in [0.1, 0.15) is 0 Å². The predicted octanol–water partition coefficient (Wildman–Crippen LogP) is 4.18. The maximum Gasteiger partial charge on any atom is 0.339 e. The summed E-state index contributed by atoms with van der Waals surface area (Å²) < 4.78 is 5.42. The molecule has 1 aliphatic heterocycles. The normalized spacial score (nSPS) is 20.5. The van der Waals surface area contributed by atoms with Crippen LogP contribution in [0.5, 0.6) is 0 Å². The Kier molecular flexibility index (Phi) is 5.91. The van der Waals surface area contributed by atoms with Crippen LogP contribution in [-0.2, 0) is 9.53 Å². The molecule has 1 aromatic carbocycles. The van der Waals surface area contributed by atoms with E-state index in [1.165, 1.54) is 5.56 Å². The maximum atomic E-state index is 12.7. The summed E-state index contributed by atoms with van der Waals surface area (Å²) in [4.78, 5) is 27.1. The van der Waals surface area contributed by atoms with Gasteiger partial charge in [0.25, 0.3) is 5.91 Å². The average Bonchev–Trinajstić information content (AvgIpc) is 2.56. The number of ether oxygens (including phenoxy) is 1. The number of esters is 1. The van der Waals surface area contributed by atoms with Crippen molar-refractivity contribution in [2.75, 3.05) is 6.61 Å². The Hall–Kier alpha value is -1.84. The van der Waals surface area contributed by atoms with Gasteiger partial charge < -0.3 is 9.64 Å². The van der Waals surface area contributed by atoms with Crippen LogP contribution in [0.1, 0.15) is 71.3 Å². The first kappa shape index (κ1) is 19.5. The van der Waals surface area contributed by atoms with Crippen molar-refractivity contribution in [3.8, 4) is 0 Å². The summed E-state index contributed by atoms with van der Waals surface area (Å²) in [5.74, 6) is -0.490. The maximum absolute atomic E-state index is 12.7. The van der Waals surface area contributed by atoms with Gasteiger partial charge in [0.2, 0.25) is 0 Å². The lowest BCUT2D eigenvalue weighted by molar-refractivity contribution is -0.140. The molecule has 1 fully saturated rings. The Labute approximate surface area is 151 Å². The van der Waals surface area contributed by atoms with Gasteiger partial charge in [-0.2, -0.15) is 0 Å². The van der Waals surface area contributed by atoms with Gasteiger partial charge in [-0.05, 0) is 95.5 Å². The molecule has 0 N–H and O–H groups in total. The van der Waals surface area contributed by atoms with E-state index in [4.69, 9.17) is 4.74 Å². The van der Waals surface area contributed by atoms with E-state index in [1.807, 2.05) is 32.6 Å². The van der Waals surface area contributed by atoms with E-state index in [1.54, 1.807) is 0 Å². The van der Waals surface area contributed by atoms with Crippen molar-refractivity contribution in [3.63, 3.8) is 0 Å². The molecule has 1 amide bonds. The molecule has 1 saturated heterocycles. The van der Waals surface area contributed by atoms with Crippen LogP contribution in [0.3, 0.4) is 0 Å². The van der Waals surface area contributed by atoms with Crippen LogP contribution >= 0.6 is 0 Å². The topological polar surface area (TPSA) is 46.6 Å². The minimum Gasteiger partial charge on any atom is -0.452 e. The number of benzene rings is 1. The smallest absolute Gasteiger partial charge is 0.339 e. The summed E-state index contributed by atoms with van der Waals surface area (Å²) in [7, 11) is 0. The third kappa shape index (κ3) is 3.73. The minimum absolute atomic E-state index is 0.0936. The summed E-state index contributed by atoms with van der Waals surface area (Å²) in [5, 5.41) is 0. The van der Waals surface area contributed by atoms with Crippen LogP contribution in [0, 0.1) is 34.6 Å². The molecule has 1 aromatic rings. The van der Waals surface area contributed by atoms with Crippen LogP contribution in [0.25, 0.3) is 0 Å². The molecular weight excluding hydrogens is 314 g/mol. The molecule has 2 atom stereocenters. The van der Waals surface area contributed by atoms with Gasteiger partial charge >= 0.3 is 5.97 Å². The number of amides is 1. The molecule has 2 rings (SSSR count). The van der Waals surface area contributed by atoms with Gasteiger partial charge in [0.15, 0.2) is 6.61 Å². The molecule has 4 heteroatoms. The third-order valence-corrected chi connectivity index (χ3v) is 6.01. The molecule has 0 aliphatic carbocycles. The standard InChI is InChI=1S/C21H31NO3/c1-12-9-8-10-13(2)22(12)19(23)11-25-21(24)20-17(6)15(4)14(3)16(5)18(20)7/h12-13H,8-11H2,1-7H3/t12-,13-/m1/s1. The van der Waals surface area contributed by atoms with Crippen molar-refractivity contribution in [1.29, 1.82) is 0 Å². The van der Waals surface area contributed by atoms with Gasteiger partial charge in [0.05, 0.1) is 5.56 Å². The summed E-state index contributed by atoms with van der Waals surface area (Å²) in [6.07, 6.45) is 3.17. The quantitative estimate of drug-likeness (QED) is 0.772. The molecule has 1 heterocycles. The molecule has 4 nitrogen and oxygen atoms in total. The van der Waals surface area contributed by atoms with Crippen LogP contribution in [0.2, 0.25) is 0 Å². The zero-order valence-corrected chi connectivity index (χ0v) is 16.7. The van der Waals surface area contributed by atoms with Crippen molar-refractivity contribution in [1.82, 2.24) is 4.90 Å². The highest BCUT2D eigenvalue weighted by Gasteiger charge is 2.30. The number of nitrogens with zero attached hydrogens (tertiary/aromatic N) is 1. The predicted molar refractivity (Wildman–Crippen MR) is 100 cm³/mol. The van der Waals surface area contributed by atoms with E-state index >= 15 is 0 Å². The highest BCUT2D eigenvalue weighted by Crippen LogP contribution is 2.27. The van der Waals surface area contributed by atoms with Gasteiger partial charge in [-0.3, -0.25) is 4.79 Å². The molecule has 0 saturated carbocycles. The minimum atomic E-state index is -0.396. The number of rotatable bonds is 3. The fraction of sp³-hybridized carbons (Fsp3) is 0.619. The molecule has 0 bridgehead atoms. The van der Waals surface area contributed by atoms with Crippen molar-refractivity contribution < 1.29 is 14.3 Å². The number of hydrogen-bond acceptors (Lipinski definition) is 3. The zero-order valence-electron chi connectivity index (χ0n) is 16.7. The first-order valence-electron chi connectivity index (χ1n) is 9.22. The molecular formula is C21H31NO3. The number of carbonyl (C=O) groups is 2. The van der Waals surface area contributed by atoms with E-state index in [0.29, 0.717) is 5.56 Å². The van der Waals surface area contributed by atoms with Gasteiger partial charge in [-0.25, -0.2) is 4.79 Å². The Bertz CT molecular complexity index is 654. The molecule has 0 aromatic heterocycles. The number of hydrogen-bond donors (Lipinski definition) is 0. The Balaban J connectivity index is 2.14. The highest BCUT2D eigenvalue weighted by molar-refractivity contribution is 5.95. The fourth-order valence-electron chi connectivity index (χ4n) is 3.99. The van der Waals surface area contributed by atoms with Crippen molar-refractivity contribution in [2.45, 2.75) is 79.8 Å². The lowest BCUT2D eigenvalue weighted by Crippen LogP contribution is -2.49. The fourth-order valence-corrected chi connectivity index (χ4v) is 3.99. The Morgan fingerprint density at radius 3 is 1.80 bits per heavy atom. The summed E-state index contributed by atoms with van der Waals surface area (Å²) in [5.41, 5.74) is 5.92. The molecule has 1 aliphatic rings. The molecule has 25 heavy (non-hydrogen) atoms. The first-order valence-corrected chi connectivity index (χ1v) is 9.22. The second-order valence-corrected chi connectivity index (χ2v) is 7.51. The van der Waals surface area contributed by atoms with Crippen LogP contribution < -0.4 is 0 Å². The number of carbonyl (C=O) groups excluding carboxylic acids is 2. The van der Waals surface area contributed by atoms with E-state index in [2.05, 4.69) is 20.8 Å². The van der Waals surface area contributed by atoms with Gasteiger partial charge in [0, 0.05) is 12.1 Å². The first-order chi connectivity index (χ1) is 11.7. The van der Waals surface area contributed by atoms with Crippen molar-refractivity contribution in [3.05, 3.63) is 33.4 Å². The van der Waals surface area contributed by atoms with Crippen molar-refractivity contribution in [2.24, 2.45) is 0 Å². The Morgan fingerprint density at radius 1 is 0.880 bits per heavy atom. The van der Waals surface area contributed by atoms with Crippen LogP contribution in [0.15, 0.2) is 0 Å². The third-order valence-electron chi connectivity index (χ3n) is 6.01. The van der Waals surface area contributed by atoms with Gasteiger partial charge in [-0.15, -0.1) is 0 Å². The highest BCUT2D eigenvalue weighted by atomic mass is 16.5. The molecule has 0 spiro atoms. The summed E-state index contributed by atoms with van der Waals surface area (Å²) >= 11 is 0. The lowest BCUT2D eigenvalue weighted by Gasteiger charge is -2.38. The van der Waals surface area contributed by atoms with E-state index in [9.17, 15) is 9.59 Å². The Morgan fingerprint density at radius 2 is 1.32 bits per heavy atom. The SMILES string of the molecule is Cc1c(C)c(C)c(C(=O)OCC(=O)N2[C@H](C)CCC[C@H]2C)c(C)c1C. The monoisotopic (exact) mass is 345 g/mol. The zero-order chi connectivity index (χ0) is 18.9.